The average molecular weight is 256 g/mol. The summed E-state index contributed by atoms with van der Waals surface area (Å²) in [5, 5.41) is 16.7. The number of aliphatic carboxylic acids is 1. The fourth-order valence-corrected chi connectivity index (χ4v) is 1.53. The Morgan fingerprint density at radius 2 is 1.94 bits per heavy atom. The molecule has 0 aliphatic carbocycles. The molecule has 0 radical (unpaired) electrons. The van der Waals surface area contributed by atoms with Gasteiger partial charge in [0.25, 0.3) is 0 Å². The van der Waals surface area contributed by atoms with Crippen molar-refractivity contribution in [3.63, 3.8) is 0 Å². The van der Waals surface area contributed by atoms with Crippen molar-refractivity contribution in [2.75, 3.05) is 0 Å². The largest absolute Gasteiger partial charge is 0.479 e. The summed E-state index contributed by atoms with van der Waals surface area (Å²) in [6.45, 7) is 3.59. The van der Waals surface area contributed by atoms with Crippen molar-refractivity contribution in [3.8, 4) is 0 Å². The lowest BCUT2D eigenvalue weighted by molar-refractivity contribution is -0.149. The fraction of sp³-hybridized carbons (Fsp3) is 0.500. The van der Waals surface area contributed by atoms with E-state index in [0.717, 1.165) is 6.42 Å². The number of carboxylic acids is 2. The number of carboxylic acid groups (broad SMARTS) is 2. The van der Waals surface area contributed by atoms with E-state index in [1.807, 2.05) is 6.92 Å². The summed E-state index contributed by atoms with van der Waals surface area (Å²) in [6, 6.07) is 3.04. The van der Waals surface area contributed by atoms with Crippen molar-refractivity contribution in [1.82, 2.24) is 0 Å². The van der Waals surface area contributed by atoms with Gasteiger partial charge in [0.15, 0.2) is 6.10 Å². The normalized spacial score (nSPS) is 22.1. The van der Waals surface area contributed by atoms with Gasteiger partial charge < -0.3 is 19.4 Å². The van der Waals surface area contributed by atoms with Crippen LogP contribution >= 0.6 is 0 Å². The minimum atomic E-state index is -1.02. The molecule has 1 saturated heterocycles. The first-order chi connectivity index (χ1) is 8.40. The summed E-state index contributed by atoms with van der Waals surface area (Å²) < 4.78 is 9.77. The van der Waals surface area contributed by atoms with Crippen LogP contribution in [0.1, 0.15) is 36.1 Å². The molecule has 0 bridgehead atoms. The molecule has 2 rings (SSSR count). The molecule has 1 aromatic rings. The maximum atomic E-state index is 10.2. The number of furan rings is 1. The summed E-state index contributed by atoms with van der Waals surface area (Å²) in [7, 11) is 0. The van der Waals surface area contributed by atoms with Crippen LogP contribution in [0.4, 0.5) is 0 Å². The lowest BCUT2D eigenvalue weighted by Crippen LogP contribution is -2.19. The predicted octanol–water partition coefficient (Wildman–Crippen LogP) is 1.92. The van der Waals surface area contributed by atoms with Gasteiger partial charge in [-0.2, -0.15) is 0 Å². The van der Waals surface area contributed by atoms with Crippen molar-refractivity contribution in [2.24, 2.45) is 0 Å². The molecule has 2 unspecified atom stereocenters. The van der Waals surface area contributed by atoms with Crippen molar-refractivity contribution in [2.45, 2.75) is 38.9 Å². The molecule has 1 aromatic heterocycles. The van der Waals surface area contributed by atoms with Gasteiger partial charge in [0.2, 0.25) is 5.76 Å². The van der Waals surface area contributed by atoms with Gasteiger partial charge in [0.05, 0.1) is 6.10 Å². The van der Waals surface area contributed by atoms with Crippen LogP contribution in [-0.4, -0.2) is 34.4 Å². The standard InChI is InChI=1S/C6H10O3.C6H6O3/c2*1-4-2-3-5(9-4)6(7)8/h4-5H,2-3H2,1H3,(H,7,8);2-3H,1H3,(H,7,8). The van der Waals surface area contributed by atoms with Gasteiger partial charge >= 0.3 is 11.9 Å². The molecule has 100 valence electrons. The molecular formula is C12H16O6. The number of aryl methyl sites for hydroxylation is 1. The highest BCUT2D eigenvalue weighted by molar-refractivity contribution is 5.84. The van der Waals surface area contributed by atoms with Crippen LogP contribution in [0.2, 0.25) is 0 Å². The SMILES string of the molecule is CC1CCC(C(=O)O)O1.Cc1ccc(C(=O)O)o1. The Labute approximate surface area is 104 Å². The maximum Gasteiger partial charge on any atom is 0.371 e. The highest BCUT2D eigenvalue weighted by atomic mass is 16.5. The summed E-state index contributed by atoms with van der Waals surface area (Å²) >= 11 is 0. The van der Waals surface area contributed by atoms with Crippen LogP contribution < -0.4 is 0 Å². The van der Waals surface area contributed by atoms with E-state index in [1.54, 1.807) is 13.0 Å². The zero-order chi connectivity index (χ0) is 13.7. The first-order valence-electron chi connectivity index (χ1n) is 5.58. The Bertz CT molecular complexity index is 422. The number of aromatic carboxylic acids is 1. The fourth-order valence-electron chi connectivity index (χ4n) is 1.53. The lowest BCUT2D eigenvalue weighted by Gasteiger charge is -2.03. The molecule has 6 heteroatoms. The molecule has 0 spiro atoms. The number of rotatable bonds is 2. The Morgan fingerprint density at radius 1 is 1.28 bits per heavy atom. The molecule has 0 amide bonds. The van der Waals surface area contributed by atoms with Crippen LogP contribution in [0.25, 0.3) is 0 Å². The molecule has 1 aliphatic heterocycles. The van der Waals surface area contributed by atoms with Crippen molar-refractivity contribution in [1.29, 1.82) is 0 Å². The monoisotopic (exact) mass is 256 g/mol. The van der Waals surface area contributed by atoms with E-state index in [9.17, 15) is 9.59 Å². The van der Waals surface area contributed by atoms with E-state index in [1.165, 1.54) is 6.07 Å². The highest BCUT2D eigenvalue weighted by Crippen LogP contribution is 2.18. The molecule has 18 heavy (non-hydrogen) atoms. The number of hydrogen-bond acceptors (Lipinski definition) is 4. The van der Waals surface area contributed by atoms with Crippen LogP contribution in [0.3, 0.4) is 0 Å². The van der Waals surface area contributed by atoms with E-state index < -0.39 is 18.0 Å². The highest BCUT2D eigenvalue weighted by Gasteiger charge is 2.27. The average Bonchev–Trinajstić information content (AvgIpc) is 2.88. The van der Waals surface area contributed by atoms with Gasteiger partial charge in [-0.25, -0.2) is 9.59 Å². The number of carbonyl (C=O) groups is 2. The molecule has 1 fully saturated rings. The third kappa shape index (κ3) is 4.21. The Morgan fingerprint density at radius 3 is 2.17 bits per heavy atom. The predicted molar refractivity (Wildman–Crippen MR) is 61.6 cm³/mol. The molecular weight excluding hydrogens is 240 g/mol. The molecule has 1 aliphatic rings. The van der Waals surface area contributed by atoms with E-state index in [-0.39, 0.29) is 11.9 Å². The van der Waals surface area contributed by atoms with Gasteiger partial charge in [-0.3, -0.25) is 0 Å². The summed E-state index contributed by atoms with van der Waals surface area (Å²) in [5.74, 6) is -1.25. The molecule has 6 nitrogen and oxygen atoms in total. The van der Waals surface area contributed by atoms with Crippen LogP contribution in [-0.2, 0) is 9.53 Å². The van der Waals surface area contributed by atoms with Crippen molar-refractivity contribution in [3.05, 3.63) is 23.7 Å². The second kappa shape index (κ2) is 6.20. The first kappa shape index (κ1) is 14.2. The zero-order valence-corrected chi connectivity index (χ0v) is 10.3. The minimum absolute atomic E-state index is 0.00694. The van der Waals surface area contributed by atoms with Gasteiger partial charge in [-0.1, -0.05) is 0 Å². The minimum Gasteiger partial charge on any atom is -0.479 e. The molecule has 0 saturated carbocycles. The second-order valence-corrected chi connectivity index (χ2v) is 4.07. The van der Waals surface area contributed by atoms with E-state index in [4.69, 9.17) is 19.4 Å². The number of ether oxygens (including phenoxy) is 1. The van der Waals surface area contributed by atoms with E-state index >= 15 is 0 Å². The lowest BCUT2D eigenvalue weighted by atomic mass is 10.2. The maximum absolute atomic E-state index is 10.2. The van der Waals surface area contributed by atoms with Gasteiger partial charge in [-0.05, 0) is 38.8 Å². The van der Waals surface area contributed by atoms with Crippen LogP contribution in [0, 0.1) is 6.92 Å². The van der Waals surface area contributed by atoms with Crippen LogP contribution in [0.15, 0.2) is 16.5 Å². The van der Waals surface area contributed by atoms with Crippen LogP contribution in [0.5, 0.6) is 0 Å². The Kier molecular flexibility index (Phi) is 4.91. The van der Waals surface area contributed by atoms with E-state index in [0.29, 0.717) is 12.2 Å². The smallest absolute Gasteiger partial charge is 0.371 e. The molecule has 2 N–H and O–H groups in total. The molecule has 2 atom stereocenters. The first-order valence-corrected chi connectivity index (χ1v) is 5.58. The summed E-state index contributed by atoms with van der Waals surface area (Å²) in [4.78, 5) is 20.3. The summed E-state index contributed by atoms with van der Waals surface area (Å²) in [5.41, 5.74) is 0. The van der Waals surface area contributed by atoms with Gasteiger partial charge in [-0.15, -0.1) is 0 Å². The molecule has 0 aromatic carbocycles. The van der Waals surface area contributed by atoms with Crippen molar-refractivity contribution < 1.29 is 29.0 Å². The van der Waals surface area contributed by atoms with Gasteiger partial charge in [0, 0.05) is 0 Å². The zero-order valence-electron chi connectivity index (χ0n) is 10.3. The molecule has 2 heterocycles. The Balaban J connectivity index is 0.000000180. The second-order valence-electron chi connectivity index (χ2n) is 4.07. The quantitative estimate of drug-likeness (QED) is 0.839. The van der Waals surface area contributed by atoms with E-state index in [2.05, 4.69) is 0 Å². The van der Waals surface area contributed by atoms with Crippen molar-refractivity contribution >= 4 is 11.9 Å². The summed E-state index contributed by atoms with van der Waals surface area (Å²) in [6.07, 6.45) is 1.12. The topological polar surface area (TPSA) is 97.0 Å². The number of hydrogen-bond donors (Lipinski definition) is 2. The van der Waals surface area contributed by atoms with Gasteiger partial charge in [0.1, 0.15) is 5.76 Å². The third-order valence-electron chi connectivity index (χ3n) is 2.46. The third-order valence-corrected chi connectivity index (χ3v) is 2.46. The Hall–Kier alpha value is -1.82.